The van der Waals surface area contributed by atoms with Crippen LogP contribution < -0.4 is 10.1 Å². The van der Waals surface area contributed by atoms with Gasteiger partial charge in [0.1, 0.15) is 23.6 Å². The summed E-state index contributed by atoms with van der Waals surface area (Å²) in [5, 5.41) is 13.1. The second kappa shape index (κ2) is 12.9. The van der Waals surface area contributed by atoms with E-state index in [1.807, 2.05) is 19.1 Å². The topological polar surface area (TPSA) is 75.0 Å². The molecule has 3 aliphatic carbocycles. The van der Waals surface area contributed by atoms with Gasteiger partial charge in [0.05, 0.1) is 21.8 Å². The van der Waals surface area contributed by atoms with Gasteiger partial charge in [-0.3, -0.25) is 4.79 Å². The fraction of sp³-hybridized carbons (Fsp3) is 0.525. The lowest BCUT2D eigenvalue weighted by atomic mass is 9.46. The molecular formula is C40H44ClN3O2. The lowest BCUT2D eigenvalue weighted by molar-refractivity contribution is -0.172. The Morgan fingerprint density at radius 2 is 1.87 bits per heavy atom. The van der Waals surface area contributed by atoms with E-state index in [1.165, 1.54) is 32.4 Å². The summed E-state index contributed by atoms with van der Waals surface area (Å²) in [6.07, 6.45) is 9.23. The molecule has 0 radical (unpaired) electrons. The molecule has 1 aromatic carbocycles. The van der Waals surface area contributed by atoms with Crippen molar-refractivity contribution in [2.24, 2.45) is 40.4 Å². The van der Waals surface area contributed by atoms with Gasteiger partial charge in [0, 0.05) is 28.7 Å². The second-order valence-electron chi connectivity index (χ2n) is 14.9. The summed E-state index contributed by atoms with van der Waals surface area (Å²) < 4.78 is 6.36. The zero-order valence-corrected chi connectivity index (χ0v) is 28.4. The fourth-order valence-electron chi connectivity index (χ4n) is 8.60. The largest absolute Gasteiger partial charge is 0.489 e. The Morgan fingerprint density at radius 3 is 2.59 bits per heavy atom. The predicted molar refractivity (Wildman–Crippen MR) is 182 cm³/mol. The molecule has 5 nitrogen and oxygen atoms in total. The van der Waals surface area contributed by atoms with Crippen molar-refractivity contribution in [1.82, 2.24) is 10.3 Å². The van der Waals surface area contributed by atoms with Gasteiger partial charge in [0.25, 0.3) is 0 Å². The Labute approximate surface area is 279 Å². The third-order valence-corrected chi connectivity index (χ3v) is 11.2. The molecule has 238 valence electrons. The molecule has 2 heterocycles. The van der Waals surface area contributed by atoms with Gasteiger partial charge in [0.2, 0.25) is 5.78 Å². The molecule has 46 heavy (non-hydrogen) atoms. The molecule has 6 rings (SSSR count). The molecule has 0 bridgehead atoms. The molecule has 0 amide bonds. The number of hydrogen-bond acceptors (Lipinski definition) is 5. The van der Waals surface area contributed by atoms with E-state index in [9.17, 15) is 10.1 Å². The van der Waals surface area contributed by atoms with Crippen LogP contribution in [0, 0.1) is 75.4 Å². The smallest absolute Gasteiger partial charge is 0.237 e. The van der Waals surface area contributed by atoms with Crippen molar-refractivity contribution in [2.75, 3.05) is 13.1 Å². The first-order valence-corrected chi connectivity index (χ1v) is 17.2. The highest BCUT2D eigenvalue weighted by Crippen LogP contribution is 2.60. The average Bonchev–Trinajstić information content (AvgIpc) is 3.48. The number of allylic oxidation sites excluding steroid dienone is 2. The summed E-state index contributed by atoms with van der Waals surface area (Å²) in [5.74, 6) is 16.2. The van der Waals surface area contributed by atoms with Crippen molar-refractivity contribution in [3.8, 4) is 35.5 Å². The minimum absolute atomic E-state index is 0.0531. The van der Waals surface area contributed by atoms with Gasteiger partial charge < -0.3 is 10.1 Å². The molecule has 2 aromatic rings. The van der Waals surface area contributed by atoms with E-state index in [0.29, 0.717) is 40.2 Å². The Kier molecular flexibility index (Phi) is 9.09. The lowest BCUT2D eigenvalue weighted by Gasteiger charge is -2.61. The number of halogens is 1. The highest BCUT2D eigenvalue weighted by molar-refractivity contribution is 6.31. The van der Waals surface area contributed by atoms with E-state index in [4.69, 9.17) is 21.3 Å². The summed E-state index contributed by atoms with van der Waals surface area (Å²) in [7, 11) is 0. The van der Waals surface area contributed by atoms with E-state index in [1.54, 1.807) is 23.8 Å². The van der Waals surface area contributed by atoms with Gasteiger partial charge in [-0.05, 0) is 105 Å². The highest BCUT2D eigenvalue weighted by Gasteiger charge is 2.63. The number of nitriles is 1. The van der Waals surface area contributed by atoms with E-state index >= 15 is 0 Å². The summed E-state index contributed by atoms with van der Waals surface area (Å²) in [4.78, 5) is 18.1. The Morgan fingerprint density at radius 1 is 1.11 bits per heavy atom. The van der Waals surface area contributed by atoms with Gasteiger partial charge >= 0.3 is 0 Å². The maximum atomic E-state index is 13.3. The van der Waals surface area contributed by atoms with Crippen LogP contribution in [0.1, 0.15) is 94.0 Å². The van der Waals surface area contributed by atoms with Crippen LogP contribution in [-0.4, -0.2) is 30.0 Å². The number of carbonyl (C=O) groups excluding carboxylic acids is 1. The molecule has 2 unspecified atom stereocenters. The molecule has 3 saturated carbocycles. The van der Waals surface area contributed by atoms with Gasteiger partial charge in [-0.15, -0.1) is 0 Å². The van der Waals surface area contributed by atoms with Crippen LogP contribution in [0.3, 0.4) is 0 Å². The number of ketones is 1. The van der Waals surface area contributed by atoms with Crippen LogP contribution in [-0.2, 0) is 6.42 Å². The van der Waals surface area contributed by atoms with Gasteiger partial charge in [0.15, 0.2) is 0 Å². The van der Waals surface area contributed by atoms with Crippen LogP contribution in [0.25, 0.3) is 0 Å². The number of ether oxygens (including phenoxy) is 1. The molecule has 0 spiro atoms. The number of hydrogen-bond donors (Lipinski definition) is 1. The second-order valence-corrected chi connectivity index (χ2v) is 15.3. The molecule has 4 aliphatic rings. The number of carbonyl (C=O) groups is 1. The van der Waals surface area contributed by atoms with Crippen LogP contribution in [0.15, 0.2) is 42.0 Å². The van der Waals surface area contributed by atoms with E-state index in [2.05, 4.69) is 68.8 Å². The molecular weight excluding hydrogens is 590 g/mol. The van der Waals surface area contributed by atoms with Gasteiger partial charge in [-0.2, -0.15) is 5.26 Å². The van der Waals surface area contributed by atoms with Crippen LogP contribution in [0.4, 0.5) is 0 Å². The van der Waals surface area contributed by atoms with Gasteiger partial charge in [-0.25, -0.2) is 4.98 Å². The first-order valence-electron chi connectivity index (χ1n) is 16.8. The van der Waals surface area contributed by atoms with Crippen molar-refractivity contribution in [1.29, 1.82) is 5.26 Å². The number of fused-ring (bicyclic) bond motifs is 1. The molecule has 6 heteroatoms. The summed E-state index contributed by atoms with van der Waals surface area (Å²) in [6, 6.07) is 10.9. The number of nitrogens with zero attached hydrogens (tertiary/aromatic N) is 2. The maximum Gasteiger partial charge on any atom is 0.237 e. The number of aromatic nitrogens is 1. The zero-order chi connectivity index (χ0) is 32.6. The SMILES string of the molecule is CCc1nc(C#CC2CC(/C=C3/CCC4CNCC4C3)C2)ccc1C(=O)C#C[C@H]1C(C)(C)[C@H](Oc2ccc(C#N)c(Cl)c2)C1(C)C. The van der Waals surface area contributed by atoms with E-state index < -0.39 is 0 Å². The van der Waals surface area contributed by atoms with Crippen molar-refractivity contribution in [2.45, 2.75) is 79.2 Å². The lowest BCUT2D eigenvalue weighted by Crippen LogP contribution is -2.65. The molecule has 1 N–H and O–H groups in total. The number of pyridine rings is 1. The predicted octanol–water partition coefficient (Wildman–Crippen LogP) is 7.81. The quantitative estimate of drug-likeness (QED) is 0.157. The number of rotatable bonds is 5. The van der Waals surface area contributed by atoms with Crippen molar-refractivity contribution < 1.29 is 9.53 Å². The number of Topliss-reactive ketones (excluding diaryl/α,β-unsaturated/α-hetero) is 1. The number of nitrogens with one attached hydrogen (secondary N) is 1. The molecule has 1 aliphatic heterocycles. The van der Waals surface area contributed by atoms with Crippen molar-refractivity contribution in [3.05, 3.63) is 69.5 Å². The van der Waals surface area contributed by atoms with Crippen molar-refractivity contribution in [3.63, 3.8) is 0 Å². The Hall–Kier alpha value is -3.56. The molecule has 1 saturated heterocycles. The van der Waals surface area contributed by atoms with Gasteiger partial charge in [-0.1, -0.05) is 69.7 Å². The van der Waals surface area contributed by atoms with Crippen molar-refractivity contribution >= 4 is 17.4 Å². The fourth-order valence-corrected chi connectivity index (χ4v) is 8.81. The highest BCUT2D eigenvalue weighted by atomic mass is 35.5. The third kappa shape index (κ3) is 6.36. The summed E-state index contributed by atoms with van der Waals surface area (Å²) in [6.45, 7) is 12.9. The third-order valence-electron chi connectivity index (χ3n) is 10.9. The molecule has 2 atom stereocenters. The van der Waals surface area contributed by atoms with E-state index in [-0.39, 0.29) is 28.6 Å². The first kappa shape index (κ1) is 32.4. The molecule has 1 aromatic heterocycles. The van der Waals surface area contributed by atoms with Crippen LogP contribution in [0.5, 0.6) is 5.75 Å². The normalized spacial score (nSPS) is 29.5. The maximum absolute atomic E-state index is 13.3. The van der Waals surface area contributed by atoms with Crippen LogP contribution >= 0.6 is 11.6 Å². The standard InChI is InChI=1S/C40H44ClN3O2/c1-6-35-33(14-12-31(44-35)11-8-25-17-27(18-25)19-26-7-9-29-23-43-24-30(29)20-26)36(45)15-16-37-39(2,3)38(40(37,4)5)46-32-13-10-28(22-42)34(41)21-32/h10,12-14,19,21,25,27,29-30,37-38,43H,6-7,9,17-18,20,23-24H2,1-5H3/b26-19-/t25?,27?,29?,30?,37-,38-. The Balaban J connectivity index is 1.06. The number of aryl methyl sites for hydroxylation is 1. The van der Waals surface area contributed by atoms with E-state index in [0.717, 1.165) is 36.1 Å². The monoisotopic (exact) mass is 633 g/mol. The van der Waals surface area contributed by atoms with Crippen LogP contribution in [0.2, 0.25) is 5.02 Å². The molecule has 4 fully saturated rings. The zero-order valence-electron chi connectivity index (χ0n) is 27.7. The summed E-state index contributed by atoms with van der Waals surface area (Å²) >= 11 is 6.23. The number of benzene rings is 1. The minimum Gasteiger partial charge on any atom is -0.489 e. The first-order chi connectivity index (χ1) is 22.0. The minimum atomic E-state index is -0.299. The average molecular weight is 634 g/mol. The summed E-state index contributed by atoms with van der Waals surface area (Å²) in [5.41, 5.74) is 3.50. The Bertz CT molecular complexity index is 1700.